The quantitative estimate of drug-likeness (QED) is 0.752. The minimum Gasteiger partial charge on any atom is -0.368 e. The average molecular weight is 256 g/mol. The van der Waals surface area contributed by atoms with Gasteiger partial charge in [-0.1, -0.05) is 17.3 Å². The SMILES string of the molecule is Cn1ccn(-c2cccc(-c3cc(N)on3)c2)c1=O. The van der Waals surface area contributed by atoms with Crippen LogP contribution in [-0.4, -0.2) is 14.3 Å². The Hall–Kier alpha value is -2.76. The van der Waals surface area contributed by atoms with Crippen LogP contribution in [0.3, 0.4) is 0 Å². The van der Waals surface area contributed by atoms with E-state index in [9.17, 15) is 4.79 Å². The average Bonchev–Trinajstić information content (AvgIpc) is 2.98. The molecule has 0 aliphatic carbocycles. The van der Waals surface area contributed by atoms with Gasteiger partial charge in [0.25, 0.3) is 0 Å². The van der Waals surface area contributed by atoms with Crippen LogP contribution in [0.15, 0.2) is 52.0 Å². The fraction of sp³-hybridized carbons (Fsp3) is 0.0769. The van der Waals surface area contributed by atoms with E-state index >= 15 is 0 Å². The molecule has 0 spiro atoms. The summed E-state index contributed by atoms with van der Waals surface area (Å²) in [6, 6.07) is 9.10. The third-order valence-corrected chi connectivity index (χ3v) is 2.90. The predicted octanol–water partition coefficient (Wildman–Crippen LogP) is 1.41. The third kappa shape index (κ3) is 1.93. The van der Waals surface area contributed by atoms with Gasteiger partial charge in [-0.3, -0.25) is 4.57 Å². The maximum atomic E-state index is 11.9. The lowest BCUT2D eigenvalue weighted by atomic mass is 10.1. The molecule has 2 N–H and O–H groups in total. The van der Waals surface area contributed by atoms with Crippen LogP contribution in [0.5, 0.6) is 0 Å². The number of aromatic nitrogens is 3. The predicted molar refractivity (Wildman–Crippen MR) is 70.9 cm³/mol. The number of nitrogens with two attached hydrogens (primary N) is 1. The van der Waals surface area contributed by atoms with Gasteiger partial charge in [-0.25, -0.2) is 4.79 Å². The fourth-order valence-corrected chi connectivity index (χ4v) is 1.90. The molecule has 2 heterocycles. The monoisotopic (exact) mass is 256 g/mol. The first-order valence-corrected chi connectivity index (χ1v) is 5.72. The van der Waals surface area contributed by atoms with E-state index in [0.29, 0.717) is 5.69 Å². The van der Waals surface area contributed by atoms with Crippen molar-refractivity contribution in [3.8, 4) is 16.9 Å². The highest BCUT2D eigenvalue weighted by molar-refractivity contribution is 5.63. The highest BCUT2D eigenvalue weighted by atomic mass is 16.5. The van der Waals surface area contributed by atoms with Crippen molar-refractivity contribution in [3.63, 3.8) is 0 Å². The summed E-state index contributed by atoms with van der Waals surface area (Å²) in [6.07, 6.45) is 3.43. The number of hydrogen-bond acceptors (Lipinski definition) is 4. The lowest BCUT2D eigenvalue weighted by Crippen LogP contribution is -2.20. The molecule has 0 unspecified atom stereocenters. The first kappa shape index (κ1) is 11.3. The second kappa shape index (κ2) is 4.16. The fourth-order valence-electron chi connectivity index (χ4n) is 1.90. The lowest BCUT2D eigenvalue weighted by Gasteiger charge is -2.03. The van der Waals surface area contributed by atoms with Crippen molar-refractivity contribution in [1.82, 2.24) is 14.3 Å². The van der Waals surface area contributed by atoms with Gasteiger partial charge < -0.3 is 14.8 Å². The number of rotatable bonds is 2. The number of anilines is 1. The van der Waals surface area contributed by atoms with Gasteiger partial charge in [0.1, 0.15) is 5.69 Å². The molecule has 6 nitrogen and oxygen atoms in total. The Morgan fingerprint density at radius 1 is 1.26 bits per heavy atom. The highest BCUT2D eigenvalue weighted by Crippen LogP contribution is 2.22. The van der Waals surface area contributed by atoms with Gasteiger partial charge in [-0.05, 0) is 12.1 Å². The summed E-state index contributed by atoms with van der Waals surface area (Å²) in [6.45, 7) is 0. The van der Waals surface area contributed by atoms with Gasteiger partial charge in [0.15, 0.2) is 0 Å². The molecule has 0 radical (unpaired) electrons. The summed E-state index contributed by atoms with van der Waals surface area (Å²) in [4.78, 5) is 11.9. The van der Waals surface area contributed by atoms with Gasteiger partial charge in [-0.15, -0.1) is 0 Å². The molecule has 19 heavy (non-hydrogen) atoms. The topological polar surface area (TPSA) is 79.0 Å². The van der Waals surface area contributed by atoms with E-state index < -0.39 is 0 Å². The first-order chi connectivity index (χ1) is 9.15. The summed E-state index contributed by atoms with van der Waals surface area (Å²) in [5, 5.41) is 3.86. The molecule has 0 fully saturated rings. The molecule has 3 rings (SSSR count). The van der Waals surface area contributed by atoms with E-state index in [1.54, 1.807) is 30.1 Å². The number of benzene rings is 1. The van der Waals surface area contributed by atoms with Crippen molar-refractivity contribution in [1.29, 1.82) is 0 Å². The number of aryl methyl sites for hydroxylation is 1. The molecular formula is C13H12N4O2. The molecule has 6 heteroatoms. The van der Waals surface area contributed by atoms with Crippen LogP contribution in [0.1, 0.15) is 0 Å². The van der Waals surface area contributed by atoms with Crippen molar-refractivity contribution >= 4 is 5.88 Å². The van der Waals surface area contributed by atoms with E-state index in [4.69, 9.17) is 10.3 Å². The smallest absolute Gasteiger partial charge is 0.332 e. The third-order valence-electron chi connectivity index (χ3n) is 2.90. The molecule has 0 saturated heterocycles. The van der Waals surface area contributed by atoms with Gasteiger partial charge in [0, 0.05) is 31.1 Å². The maximum Gasteiger partial charge on any atom is 0.332 e. The highest BCUT2D eigenvalue weighted by Gasteiger charge is 2.07. The van der Waals surface area contributed by atoms with Crippen molar-refractivity contribution in [3.05, 3.63) is 53.2 Å². The number of imidazole rings is 1. The molecule has 0 bridgehead atoms. The number of hydrogen-bond donors (Lipinski definition) is 1. The van der Waals surface area contributed by atoms with Crippen molar-refractivity contribution in [2.75, 3.05) is 5.73 Å². The molecule has 0 saturated carbocycles. The Kier molecular flexibility index (Phi) is 2.49. The van der Waals surface area contributed by atoms with E-state index in [1.807, 2.05) is 24.3 Å². The molecule has 0 aliphatic heterocycles. The zero-order valence-corrected chi connectivity index (χ0v) is 10.3. The van der Waals surface area contributed by atoms with Crippen molar-refractivity contribution in [2.24, 2.45) is 7.05 Å². The van der Waals surface area contributed by atoms with Gasteiger partial charge in [0.05, 0.1) is 5.69 Å². The van der Waals surface area contributed by atoms with Crippen LogP contribution in [0.25, 0.3) is 16.9 Å². The van der Waals surface area contributed by atoms with Gasteiger partial charge in [-0.2, -0.15) is 0 Å². The Morgan fingerprint density at radius 2 is 2.11 bits per heavy atom. The van der Waals surface area contributed by atoms with E-state index in [0.717, 1.165) is 11.3 Å². The molecule has 1 aromatic carbocycles. The minimum atomic E-state index is -0.100. The second-order valence-corrected chi connectivity index (χ2v) is 4.23. The van der Waals surface area contributed by atoms with Gasteiger partial charge in [0.2, 0.25) is 5.88 Å². The molecule has 0 amide bonds. The van der Waals surface area contributed by atoms with Crippen LogP contribution in [-0.2, 0) is 7.05 Å². The molecule has 0 aliphatic rings. The van der Waals surface area contributed by atoms with Crippen molar-refractivity contribution < 1.29 is 4.52 Å². The van der Waals surface area contributed by atoms with Crippen LogP contribution in [0.4, 0.5) is 5.88 Å². The molecule has 0 atom stereocenters. The van der Waals surface area contributed by atoms with Crippen LogP contribution in [0.2, 0.25) is 0 Å². The number of nitrogen functional groups attached to an aromatic ring is 1. The second-order valence-electron chi connectivity index (χ2n) is 4.23. The standard InChI is InChI=1S/C13H12N4O2/c1-16-5-6-17(13(16)18)10-4-2-3-9(7-10)11-8-12(14)19-15-11/h2-8H,14H2,1H3. The van der Waals surface area contributed by atoms with Crippen LogP contribution < -0.4 is 11.4 Å². The van der Waals surface area contributed by atoms with E-state index in [1.165, 1.54) is 4.57 Å². The first-order valence-electron chi connectivity index (χ1n) is 5.72. The largest absolute Gasteiger partial charge is 0.368 e. The summed E-state index contributed by atoms with van der Waals surface area (Å²) in [7, 11) is 1.71. The molecule has 96 valence electrons. The zero-order valence-electron chi connectivity index (χ0n) is 10.3. The Labute approximate surface area is 108 Å². The molecular weight excluding hydrogens is 244 g/mol. The maximum absolute atomic E-state index is 11.9. The summed E-state index contributed by atoms with van der Waals surface area (Å²) < 4.78 is 7.92. The minimum absolute atomic E-state index is 0.100. The lowest BCUT2D eigenvalue weighted by molar-refractivity contribution is 0.439. The zero-order chi connectivity index (χ0) is 13.4. The van der Waals surface area contributed by atoms with E-state index in [-0.39, 0.29) is 11.6 Å². The number of nitrogens with zero attached hydrogens (tertiary/aromatic N) is 3. The summed E-state index contributed by atoms with van der Waals surface area (Å²) in [5.41, 5.74) is 7.66. The normalized spacial score (nSPS) is 10.8. The molecule has 2 aromatic heterocycles. The van der Waals surface area contributed by atoms with E-state index in [2.05, 4.69) is 5.16 Å². The Balaban J connectivity index is 2.10. The van der Waals surface area contributed by atoms with Crippen LogP contribution >= 0.6 is 0 Å². The Morgan fingerprint density at radius 3 is 2.74 bits per heavy atom. The van der Waals surface area contributed by atoms with Crippen molar-refractivity contribution in [2.45, 2.75) is 0 Å². The summed E-state index contributed by atoms with van der Waals surface area (Å²) >= 11 is 0. The van der Waals surface area contributed by atoms with Crippen LogP contribution in [0, 0.1) is 0 Å². The van der Waals surface area contributed by atoms with Gasteiger partial charge >= 0.3 is 5.69 Å². The Bertz CT molecular complexity index is 782. The summed E-state index contributed by atoms with van der Waals surface area (Å²) in [5.74, 6) is 0.261. The molecule has 3 aromatic rings.